The molecule has 0 spiro atoms. The van der Waals surface area contributed by atoms with E-state index < -0.39 is 51.4 Å². The summed E-state index contributed by atoms with van der Waals surface area (Å²) in [6.45, 7) is 0.389. The second-order valence-corrected chi connectivity index (χ2v) is 10.3. The van der Waals surface area contributed by atoms with E-state index in [-0.39, 0.29) is 22.0 Å². The van der Waals surface area contributed by atoms with Crippen molar-refractivity contribution in [2.24, 2.45) is 5.92 Å². The molecule has 2 atom stereocenters. The number of carbonyl (C=O) groups excluding carboxylic acids is 3. The number of carbonyl (C=O) groups is 3. The number of hydrogen-bond acceptors (Lipinski definition) is 4. The van der Waals surface area contributed by atoms with Gasteiger partial charge in [0.15, 0.2) is 5.82 Å². The summed E-state index contributed by atoms with van der Waals surface area (Å²) in [5.41, 5.74) is -0.767. The minimum absolute atomic E-state index is 0.0422. The molecule has 4 rings (SSSR count). The lowest BCUT2D eigenvalue weighted by atomic mass is 10.1. The lowest BCUT2D eigenvalue weighted by Crippen LogP contribution is -2.30. The van der Waals surface area contributed by atoms with Crippen LogP contribution in [0.25, 0.3) is 0 Å². The number of alkyl halides is 2. The summed E-state index contributed by atoms with van der Waals surface area (Å²) in [5.74, 6) is -4.55. The van der Waals surface area contributed by atoms with Crippen LogP contribution in [0.4, 0.5) is 25.8 Å². The van der Waals surface area contributed by atoms with E-state index in [1.54, 1.807) is 0 Å². The SMILES string of the molecule is CN(C(=O)c1cc(NC(=O)C2CC2(Cl)Cl)ccc1Cl)c1ccc(F)c(NC(=O)C2CCCO2)c1F. The van der Waals surface area contributed by atoms with E-state index in [0.717, 1.165) is 17.0 Å². The zero-order valence-electron chi connectivity index (χ0n) is 18.3. The van der Waals surface area contributed by atoms with Gasteiger partial charge in [-0.15, -0.1) is 23.2 Å². The zero-order valence-corrected chi connectivity index (χ0v) is 20.6. The van der Waals surface area contributed by atoms with Crippen molar-refractivity contribution in [2.45, 2.75) is 29.7 Å². The number of anilines is 3. The average molecular weight is 547 g/mol. The molecule has 2 aromatic carbocycles. The molecule has 2 aliphatic rings. The van der Waals surface area contributed by atoms with Gasteiger partial charge in [0, 0.05) is 19.3 Å². The first-order chi connectivity index (χ1) is 16.5. The number of halogens is 5. The number of ether oxygens (including phenoxy) is 1. The van der Waals surface area contributed by atoms with Crippen LogP contribution >= 0.6 is 34.8 Å². The normalized spacial score (nSPS) is 20.3. The van der Waals surface area contributed by atoms with Crippen LogP contribution in [0.1, 0.15) is 29.6 Å². The molecular formula is C23H20Cl3F2N3O4. The fourth-order valence-corrected chi connectivity index (χ4v) is 4.39. The molecule has 35 heavy (non-hydrogen) atoms. The number of hydrogen-bond donors (Lipinski definition) is 2. The van der Waals surface area contributed by atoms with Crippen LogP contribution in [0, 0.1) is 17.6 Å². The van der Waals surface area contributed by atoms with Crippen molar-refractivity contribution >= 4 is 69.6 Å². The Morgan fingerprint density at radius 3 is 2.46 bits per heavy atom. The molecule has 7 nitrogen and oxygen atoms in total. The number of nitrogens with zero attached hydrogens (tertiary/aromatic N) is 1. The van der Waals surface area contributed by atoms with Crippen LogP contribution in [0.5, 0.6) is 0 Å². The van der Waals surface area contributed by atoms with Crippen LogP contribution in [-0.2, 0) is 14.3 Å². The highest BCUT2D eigenvalue weighted by molar-refractivity contribution is 6.52. The summed E-state index contributed by atoms with van der Waals surface area (Å²) in [4.78, 5) is 38.6. The molecule has 2 N–H and O–H groups in total. The summed E-state index contributed by atoms with van der Waals surface area (Å²) in [5, 5.41) is 4.88. The lowest BCUT2D eigenvalue weighted by molar-refractivity contribution is -0.124. The van der Waals surface area contributed by atoms with Crippen molar-refractivity contribution in [1.29, 1.82) is 0 Å². The van der Waals surface area contributed by atoms with Crippen LogP contribution in [0.15, 0.2) is 30.3 Å². The van der Waals surface area contributed by atoms with Gasteiger partial charge in [0.25, 0.3) is 11.8 Å². The van der Waals surface area contributed by atoms with Gasteiger partial charge >= 0.3 is 0 Å². The van der Waals surface area contributed by atoms with E-state index in [2.05, 4.69) is 10.6 Å². The molecule has 3 amide bonds. The van der Waals surface area contributed by atoms with Gasteiger partial charge < -0.3 is 20.3 Å². The van der Waals surface area contributed by atoms with Crippen molar-refractivity contribution < 1.29 is 27.9 Å². The van der Waals surface area contributed by atoms with Gasteiger partial charge in [-0.1, -0.05) is 11.6 Å². The van der Waals surface area contributed by atoms with Crippen LogP contribution in [-0.4, -0.2) is 41.8 Å². The van der Waals surface area contributed by atoms with Gasteiger partial charge in [0.05, 0.1) is 22.2 Å². The standard InChI is InChI=1S/C23H20Cl3F2N3O4/c1-31(16-7-6-15(27)19(18(16)28)30-21(33)17-3-2-8-35-17)22(34)12-9-11(4-5-14(12)24)29-20(32)13-10-23(13,25)26/h4-7,9,13,17H,2-3,8,10H2,1H3,(H,29,32)(H,30,33). The number of benzene rings is 2. The first kappa shape index (κ1) is 25.6. The van der Waals surface area contributed by atoms with E-state index in [0.29, 0.717) is 25.9 Å². The summed E-state index contributed by atoms with van der Waals surface area (Å²) >= 11 is 18.0. The molecule has 1 aliphatic carbocycles. The molecule has 2 unspecified atom stereocenters. The lowest BCUT2D eigenvalue weighted by Gasteiger charge is -2.21. The predicted octanol–water partition coefficient (Wildman–Crippen LogP) is 5.14. The Bertz CT molecular complexity index is 1200. The Morgan fingerprint density at radius 1 is 1.11 bits per heavy atom. The second kappa shape index (κ2) is 9.89. The molecule has 0 bridgehead atoms. The Kier molecular flexibility index (Phi) is 7.24. The van der Waals surface area contributed by atoms with Crippen LogP contribution < -0.4 is 15.5 Å². The first-order valence-corrected chi connectivity index (χ1v) is 11.8. The Morgan fingerprint density at radius 2 is 1.83 bits per heavy atom. The maximum atomic E-state index is 15.2. The molecule has 0 radical (unpaired) electrons. The van der Waals surface area contributed by atoms with Gasteiger partial charge in [0.1, 0.15) is 21.9 Å². The van der Waals surface area contributed by atoms with E-state index in [9.17, 15) is 18.8 Å². The molecule has 2 aromatic rings. The minimum atomic E-state index is -1.14. The zero-order chi connectivity index (χ0) is 25.5. The monoisotopic (exact) mass is 545 g/mol. The molecular weight excluding hydrogens is 527 g/mol. The van der Waals surface area contributed by atoms with E-state index in [4.69, 9.17) is 39.5 Å². The largest absolute Gasteiger partial charge is 0.368 e. The maximum Gasteiger partial charge on any atom is 0.259 e. The summed E-state index contributed by atoms with van der Waals surface area (Å²) < 4.78 is 33.7. The molecule has 2 fully saturated rings. The average Bonchev–Trinajstić information content (AvgIpc) is 3.19. The third-order valence-electron chi connectivity index (χ3n) is 5.81. The number of amides is 3. The van der Waals surface area contributed by atoms with Gasteiger partial charge in [-0.05, 0) is 49.6 Å². The summed E-state index contributed by atoms with van der Waals surface area (Å²) in [6, 6.07) is 6.21. The Hall–Kier alpha value is -2.46. The van der Waals surface area contributed by atoms with Crippen LogP contribution in [0.3, 0.4) is 0 Å². The smallest absolute Gasteiger partial charge is 0.259 e. The van der Waals surface area contributed by atoms with Crippen molar-refractivity contribution in [3.8, 4) is 0 Å². The predicted molar refractivity (Wildman–Crippen MR) is 129 cm³/mol. The molecule has 1 saturated heterocycles. The van der Waals surface area contributed by atoms with Crippen molar-refractivity contribution in [3.63, 3.8) is 0 Å². The van der Waals surface area contributed by atoms with Crippen molar-refractivity contribution in [3.05, 3.63) is 52.6 Å². The van der Waals surface area contributed by atoms with Gasteiger partial charge in [-0.3, -0.25) is 14.4 Å². The van der Waals surface area contributed by atoms with E-state index in [1.807, 2.05) is 0 Å². The second-order valence-electron chi connectivity index (χ2n) is 8.31. The highest BCUT2D eigenvalue weighted by Gasteiger charge is 2.56. The van der Waals surface area contributed by atoms with Gasteiger partial charge in [-0.25, -0.2) is 8.78 Å². The molecule has 1 heterocycles. The van der Waals surface area contributed by atoms with Crippen molar-refractivity contribution in [1.82, 2.24) is 0 Å². The molecule has 1 aliphatic heterocycles. The topological polar surface area (TPSA) is 87.7 Å². The quantitative estimate of drug-likeness (QED) is 0.491. The molecule has 12 heteroatoms. The summed E-state index contributed by atoms with van der Waals surface area (Å²) in [6.07, 6.45) is 0.613. The highest BCUT2D eigenvalue weighted by atomic mass is 35.5. The number of nitrogens with one attached hydrogen (secondary N) is 2. The Balaban J connectivity index is 1.55. The first-order valence-electron chi connectivity index (χ1n) is 10.7. The molecule has 0 aromatic heterocycles. The Labute approximate surface area is 214 Å². The third-order valence-corrected chi connectivity index (χ3v) is 6.98. The van der Waals surface area contributed by atoms with Crippen molar-refractivity contribution in [2.75, 3.05) is 29.2 Å². The third kappa shape index (κ3) is 5.38. The van der Waals surface area contributed by atoms with Gasteiger partial charge in [0.2, 0.25) is 5.91 Å². The number of rotatable bonds is 6. The van der Waals surface area contributed by atoms with E-state index >= 15 is 4.39 Å². The van der Waals surface area contributed by atoms with Crippen LogP contribution in [0.2, 0.25) is 5.02 Å². The highest BCUT2D eigenvalue weighted by Crippen LogP contribution is 2.53. The minimum Gasteiger partial charge on any atom is -0.368 e. The molecule has 1 saturated carbocycles. The van der Waals surface area contributed by atoms with E-state index in [1.165, 1.54) is 25.2 Å². The fraction of sp³-hybridized carbons (Fsp3) is 0.348. The maximum absolute atomic E-state index is 15.2. The summed E-state index contributed by atoms with van der Waals surface area (Å²) in [7, 11) is 1.27. The van der Waals surface area contributed by atoms with Gasteiger partial charge in [-0.2, -0.15) is 0 Å². The molecule has 186 valence electrons. The fourth-order valence-electron chi connectivity index (χ4n) is 3.69.